The van der Waals surface area contributed by atoms with Crippen molar-refractivity contribution < 1.29 is 9.84 Å². The largest absolute Gasteiger partial charge is 0.495 e. The third-order valence-electron chi connectivity index (χ3n) is 1.87. The highest BCUT2D eigenvalue weighted by Gasteiger charge is 2.04. The van der Waals surface area contributed by atoms with Crippen LogP contribution in [0.15, 0.2) is 18.2 Å². The average Bonchev–Trinajstić information content (AvgIpc) is 2.26. The van der Waals surface area contributed by atoms with Gasteiger partial charge in [0.1, 0.15) is 5.75 Å². The summed E-state index contributed by atoms with van der Waals surface area (Å²) in [6.07, 6.45) is -0.562. The van der Waals surface area contributed by atoms with E-state index >= 15 is 0 Å². The number of methoxy groups -OCH3 is 1. The molecule has 0 amide bonds. The van der Waals surface area contributed by atoms with E-state index in [1.807, 2.05) is 6.07 Å². The van der Waals surface area contributed by atoms with E-state index < -0.39 is 6.10 Å². The first-order valence-electron chi connectivity index (χ1n) is 4.48. The predicted octanol–water partition coefficient (Wildman–Crippen LogP) is 2.36. The Morgan fingerprint density at radius 3 is 2.80 bits per heavy atom. The number of hydrogen-bond acceptors (Lipinski definition) is 3. The summed E-state index contributed by atoms with van der Waals surface area (Å²) in [4.78, 5) is 0. The van der Waals surface area contributed by atoms with Crippen molar-refractivity contribution in [1.29, 1.82) is 0 Å². The minimum Gasteiger partial charge on any atom is -0.495 e. The number of ether oxygens (including phenoxy) is 1. The summed E-state index contributed by atoms with van der Waals surface area (Å²) in [7, 11) is 1.56. The maximum absolute atomic E-state index is 9.24. The van der Waals surface area contributed by atoms with E-state index in [1.54, 1.807) is 19.2 Å². The summed E-state index contributed by atoms with van der Waals surface area (Å²) in [5, 5.41) is 12.8. The zero-order chi connectivity index (χ0) is 11.3. The molecule has 0 spiro atoms. The molecule has 0 heterocycles. The Labute approximate surface area is 99.0 Å². The maximum atomic E-state index is 9.24. The normalized spacial score (nSPS) is 12.3. The zero-order valence-corrected chi connectivity index (χ0v) is 9.85. The van der Waals surface area contributed by atoms with Crippen molar-refractivity contribution in [1.82, 2.24) is 0 Å². The minimum atomic E-state index is -0.562. The van der Waals surface area contributed by atoms with Crippen LogP contribution in [0.4, 0.5) is 5.69 Å². The fourth-order valence-corrected chi connectivity index (χ4v) is 1.43. The van der Waals surface area contributed by atoms with E-state index in [1.165, 1.54) is 0 Å². The predicted molar refractivity (Wildman–Crippen MR) is 63.2 cm³/mol. The molecule has 0 saturated carbocycles. The number of aliphatic hydroxyl groups excluding tert-OH is 1. The average molecular weight is 250 g/mol. The number of aliphatic hydroxyl groups is 1. The summed E-state index contributed by atoms with van der Waals surface area (Å²) < 4.78 is 5.02. The number of halogens is 2. The highest BCUT2D eigenvalue weighted by molar-refractivity contribution is 6.32. The van der Waals surface area contributed by atoms with Crippen molar-refractivity contribution in [3.8, 4) is 5.75 Å². The molecule has 0 saturated heterocycles. The van der Waals surface area contributed by atoms with Gasteiger partial charge in [-0.2, -0.15) is 0 Å². The monoisotopic (exact) mass is 249 g/mol. The summed E-state index contributed by atoms with van der Waals surface area (Å²) in [5.41, 5.74) is 0.824. The Morgan fingerprint density at radius 1 is 1.53 bits per heavy atom. The molecule has 3 nitrogen and oxygen atoms in total. The van der Waals surface area contributed by atoms with Crippen molar-refractivity contribution in [2.24, 2.45) is 0 Å². The Balaban J connectivity index is 2.59. The van der Waals surface area contributed by atoms with Crippen LogP contribution in [-0.4, -0.2) is 30.7 Å². The molecule has 2 N–H and O–H groups in total. The number of benzene rings is 1. The Kier molecular flexibility index (Phi) is 5.02. The molecule has 1 aromatic carbocycles. The van der Waals surface area contributed by atoms with Crippen LogP contribution < -0.4 is 10.1 Å². The molecule has 0 aromatic heterocycles. The third-order valence-corrected chi connectivity index (χ3v) is 2.52. The summed E-state index contributed by atoms with van der Waals surface area (Å²) in [6, 6.07) is 5.32. The number of nitrogens with one attached hydrogen (secondary N) is 1. The molecule has 0 fully saturated rings. The molecule has 5 heteroatoms. The minimum absolute atomic E-state index is 0.205. The Hall–Kier alpha value is -0.640. The molecule has 0 bridgehead atoms. The number of rotatable bonds is 5. The summed E-state index contributed by atoms with van der Waals surface area (Å²) >= 11 is 11.4. The summed E-state index contributed by atoms with van der Waals surface area (Å²) in [5.74, 6) is 0.830. The highest BCUT2D eigenvalue weighted by atomic mass is 35.5. The van der Waals surface area contributed by atoms with Crippen LogP contribution in [0.5, 0.6) is 5.75 Å². The Morgan fingerprint density at radius 2 is 2.27 bits per heavy atom. The van der Waals surface area contributed by atoms with Crippen molar-refractivity contribution in [3.63, 3.8) is 0 Å². The number of hydrogen-bond donors (Lipinski definition) is 2. The van der Waals surface area contributed by atoms with Crippen LogP contribution in [0, 0.1) is 0 Å². The van der Waals surface area contributed by atoms with Crippen molar-refractivity contribution in [2.45, 2.75) is 6.10 Å². The zero-order valence-electron chi connectivity index (χ0n) is 8.34. The van der Waals surface area contributed by atoms with Crippen LogP contribution in [-0.2, 0) is 0 Å². The van der Waals surface area contributed by atoms with Gasteiger partial charge in [-0.15, -0.1) is 11.6 Å². The summed E-state index contributed by atoms with van der Waals surface area (Å²) in [6.45, 7) is 0.395. The molecule has 1 aromatic rings. The van der Waals surface area contributed by atoms with Gasteiger partial charge in [0, 0.05) is 12.2 Å². The van der Waals surface area contributed by atoms with E-state index in [4.69, 9.17) is 27.9 Å². The lowest BCUT2D eigenvalue weighted by atomic mass is 10.3. The van der Waals surface area contributed by atoms with Crippen molar-refractivity contribution >= 4 is 28.9 Å². The van der Waals surface area contributed by atoms with Gasteiger partial charge < -0.3 is 15.2 Å². The first-order chi connectivity index (χ1) is 7.17. The van der Waals surface area contributed by atoms with Gasteiger partial charge in [0.15, 0.2) is 0 Å². The molecule has 15 heavy (non-hydrogen) atoms. The second-order valence-corrected chi connectivity index (χ2v) is 3.75. The van der Waals surface area contributed by atoms with Crippen LogP contribution in [0.25, 0.3) is 0 Å². The van der Waals surface area contributed by atoms with Gasteiger partial charge in [-0.05, 0) is 18.2 Å². The fourth-order valence-electron chi connectivity index (χ4n) is 1.07. The molecule has 1 rings (SSSR count). The molecule has 1 unspecified atom stereocenters. The quantitative estimate of drug-likeness (QED) is 0.788. The van der Waals surface area contributed by atoms with Gasteiger partial charge in [-0.25, -0.2) is 0 Å². The lowest BCUT2D eigenvalue weighted by molar-refractivity contribution is 0.211. The lowest BCUT2D eigenvalue weighted by Gasteiger charge is -2.11. The van der Waals surface area contributed by atoms with E-state index in [-0.39, 0.29) is 5.88 Å². The first kappa shape index (κ1) is 12.4. The topological polar surface area (TPSA) is 41.5 Å². The molecule has 0 aliphatic heterocycles. The van der Waals surface area contributed by atoms with E-state index in [0.29, 0.717) is 17.3 Å². The van der Waals surface area contributed by atoms with Crippen LogP contribution in [0.1, 0.15) is 0 Å². The molecular formula is C10H13Cl2NO2. The smallest absolute Gasteiger partial charge is 0.137 e. The van der Waals surface area contributed by atoms with Crippen molar-refractivity contribution in [2.75, 3.05) is 24.9 Å². The number of alkyl halides is 1. The van der Waals surface area contributed by atoms with Crippen LogP contribution in [0.3, 0.4) is 0 Å². The highest BCUT2D eigenvalue weighted by Crippen LogP contribution is 2.27. The lowest BCUT2D eigenvalue weighted by Crippen LogP contribution is -2.20. The van der Waals surface area contributed by atoms with Gasteiger partial charge >= 0.3 is 0 Å². The second kappa shape index (κ2) is 6.05. The third kappa shape index (κ3) is 3.78. The molecule has 0 radical (unpaired) electrons. The second-order valence-electron chi connectivity index (χ2n) is 3.04. The SMILES string of the molecule is COc1ccc(NCC(O)CCl)cc1Cl. The first-order valence-corrected chi connectivity index (χ1v) is 5.40. The standard InChI is InChI=1S/C10H13Cl2NO2/c1-15-10-3-2-7(4-9(10)12)13-6-8(14)5-11/h2-4,8,13-14H,5-6H2,1H3. The van der Waals surface area contributed by atoms with Gasteiger partial charge in [0.2, 0.25) is 0 Å². The van der Waals surface area contributed by atoms with Gasteiger partial charge in [0.25, 0.3) is 0 Å². The maximum Gasteiger partial charge on any atom is 0.137 e. The fraction of sp³-hybridized carbons (Fsp3) is 0.400. The molecule has 84 valence electrons. The van der Waals surface area contributed by atoms with E-state index in [2.05, 4.69) is 5.32 Å². The van der Waals surface area contributed by atoms with Gasteiger partial charge in [-0.3, -0.25) is 0 Å². The van der Waals surface area contributed by atoms with Crippen LogP contribution >= 0.6 is 23.2 Å². The molecular weight excluding hydrogens is 237 g/mol. The molecule has 0 aliphatic rings. The van der Waals surface area contributed by atoms with Gasteiger partial charge in [-0.1, -0.05) is 11.6 Å². The van der Waals surface area contributed by atoms with Crippen LogP contribution in [0.2, 0.25) is 5.02 Å². The van der Waals surface area contributed by atoms with Gasteiger partial charge in [0.05, 0.1) is 24.1 Å². The Bertz CT molecular complexity index is 320. The number of anilines is 1. The van der Waals surface area contributed by atoms with E-state index in [0.717, 1.165) is 5.69 Å². The van der Waals surface area contributed by atoms with Crippen molar-refractivity contribution in [3.05, 3.63) is 23.2 Å². The molecule has 0 aliphatic carbocycles. The van der Waals surface area contributed by atoms with E-state index in [9.17, 15) is 5.11 Å². The molecule has 1 atom stereocenters.